The van der Waals surface area contributed by atoms with E-state index < -0.39 is 0 Å². The first-order chi connectivity index (χ1) is 16.4. The average molecular weight is 452 g/mol. The Morgan fingerprint density at radius 1 is 1.26 bits per heavy atom. The molecule has 1 amide bonds. The van der Waals surface area contributed by atoms with Crippen LogP contribution in [0.25, 0.3) is 33.2 Å². The standard InChI is InChI=1S/C26H25N7O/c1-15-5-7-29-25(19-12-31-33(2)14-19)24(15)18-8-17-11-23(30-13-21(17)22(28)10-18)32-26(34)20-9-16(20)4-3-6-27/h5,7-8,10-14,16,20H,3-4,9,28H2,1-2H3,(H,30,32,34)/t16-,20-/m0/s1. The van der Waals surface area contributed by atoms with Crippen LogP contribution in [0.5, 0.6) is 0 Å². The summed E-state index contributed by atoms with van der Waals surface area (Å²) in [7, 11) is 1.88. The molecule has 0 spiro atoms. The molecule has 4 aromatic rings. The van der Waals surface area contributed by atoms with Gasteiger partial charge in [0, 0.05) is 60.2 Å². The van der Waals surface area contributed by atoms with Gasteiger partial charge in [0.1, 0.15) is 5.82 Å². The topological polar surface area (TPSA) is 123 Å². The number of hydrogen-bond acceptors (Lipinski definition) is 6. The van der Waals surface area contributed by atoms with Crippen molar-refractivity contribution in [2.45, 2.75) is 26.2 Å². The van der Waals surface area contributed by atoms with Gasteiger partial charge < -0.3 is 11.1 Å². The van der Waals surface area contributed by atoms with Gasteiger partial charge in [-0.3, -0.25) is 14.5 Å². The number of aromatic nitrogens is 4. The number of aryl methyl sites for hydroxylation is 2. The fourth-order valence-electron chi connectivity index (χ4n) is 4.54. The van der Waals surface area contributed by atoms with Crippen molar-refractivity contribution in [1.29, 1.82) is 5.26 Å². The molecule has 1 aliphatic rings. The average Bonchev–Trinajstić information content (AvgIpc) is 3.47. The monoisotopic (exact) mass is 451 g/mol. The van der Waals surface area contributed by atoms with E-state index in [1.54, 1.807) is 23.3 Å². The third-order valence-electron chi connectivity index (χ3n) is 6.43. The van der Waals surface area contributed by atoms with Gasteiger partial charge in [-0.05, 0) is 66.5 Å². The Hall–Kier alpha value is -4.25. The Morgan fingerprint density at radius 3 is 2.88 bits per heavy atom. The normalized spacial score (nSPS) is 16.9. The Kier molecular flexibility index (Phi) is 5.46. The second kappa shape index (κ2) is 8.60. The fraction of sp³-hybridized carbons (Fsp3) is 0.269. The molecule has 1 saturated carbocycles. The Labute approximate surface area is 197 Å². The van der Waals surface area contributed by atoms with Crippen molar-refractivity contribution in [3.63, 3.8) is 0 Å². The highest BCUT2D eigenvalue weighted by Gasteiger charge is 2.42. The molecule has 5 rings (SSSR count). The first-order valence-corrected chi connectivity index (χ1v) is 11.3. The smallest absolute Gasteiger partial charge is 0.228 e. The number of pyridine rings is 2. The predicted molar refractivity (Wildman–Crippen MR) is 131 cm³/mol. The number of nitrogens with two attached hydrogens (primary N) is 1. The number of carbonyl (C=O) groups is 1. The number of fused-ring (bicyclic) bond motifs is 1. The summed E-state index contributed by atoms with van der Waals surface area (Å²) in [4.78, 5) is 21.7. The van der Waals surface area contributed by atoms with Gasteiger partial charge in [0.15, 0.2) is 0 Å². The molecule has 0 unspecified atom stereocenters. The van der Waals surface area contributed by atoms with Gasteiger partial charge in [0.2, 0.25) is 5.91 Å². The molecule has 0 saturated heterocycles. The number of anilines is 2. The Bertz CT molecular complexity index is 1450. The zero-order chi connectivity index (χ0) is 23.8. The maximum atomic E-state index is 12.6. The van der Waals surface area contributed by atoms with Gasteiger partial charge in [-0.15, -0.1) is 0 Å². The summed E-state index contributed by atoms with van der Waals surface area (Å²) in [6.07, 6.45) is 9.32. The quantitative estimate of drug-likeness (QED) is 0.417. The first kappa shape index (κ1) is 21.6. The van der Waals surface area contributed by atoms with Gasteiger partial charge in [0.05, 0.1) is 18.0 Å². The zero-order valence-electron chi connectivity index (χ0n) is 19.1. The molecule has 3 N–H and O–H groups in total. The van der Waals surface area contributed by atoms with Crippen molar-refractivity contribution >= 4 is 28.2 Å². The number of benzene rings is 1. The van der Waals surface area contributed by atoms with Crippen molar-refractivity contribution in [3.8, 4) is 28.5 Å². The minimum absolute atomic E-state index is 0.0395. The van der Waals surface area contributed by atoms with E-state index in [9.17, 15) is 4.79 Å². The molecule has 0 bridgehead atoms. The number of nitrogens with zero attached hydrogens (tertiary/aromatic N) is 5. The number of amides is 1. The third-order valence-corrected chi connectivity index (χ3v) is 6.43. The molecule has 8 heteroatoms. The second-order valence-corrected chi connectivity index (χ2v) is 8.90. The van der Waals surface area contributed by atoms with Gasteiger partial charge in [0.25, 0.3) is 0 Å². The van der Waals surface area contributed by atoms with Crippen LogP contribution in [0.15, 0.2) is 49.1 Å². The van der Waals surface area contributed by atoms with Crippen LogP contribution in [0.3, 0.4) is 0 Å². The molecule has 8 nitrogen and oxygen atoms in total. The van der Waals surface area contributed by atoms with Crippen molar-refractivity contribution in [2.75, 3.05) is 11.1 Å². The van der Waals surface area contributed by atoms with Crippen LogP contribution in [0.1, 0.15) is 24.8 Å². The molecule has 1 aliphatic carbocycles. The first-order valence-electron chi connectivity index (χ1n) is 11.3. The molecule has 3 heterocycles. The summed E-state index contributed by atoms with van der Waals surface area (Å²) < 4.78 is 1.75. The number of nitriles is 1. The van der Waals surface area contributed by atoms with Crippen molar-refractivity contribution < 1.29 is 4.79 Å². The lowest BCUT2D eigenvalue weighted by Gasteiger charge is -2.14. The van der Waals surface area contributed by atoms with E-state index in [1.807, 2.05) is 38.4 Å². The lowest BCUT2D eigenvalue weighted by Crippen LogP contribution is -2.15. The van der Waals surface area contributed by atoms with Gasteiger partial charge in [-0.25, -0.2) is 4.98 Å². The van der Waals surface area contributed by atoms with E-state index in [0.717, 1.165) is 51.6 Å². The number of hydrogen-bond donors (Lipinski definition) is 2. The number of nitrogen functional groups attached to an aromatic ring is 1. The third kappa shape index (κ3) is 4.08. The molecular weight excluding hydrogens is 426 g/mol. The van der Waals surface area contributed by atoms with Crippen LogP contribution in [-0.2, 0) is 11.8 Å². The zero-order valence-corrected chi connectivity index (χ0v) is 19.1. The highest BCUT2D eigenvalue weighted by atomic mass is 16.2. The lowest BCUT2D eigenvalue weighted by molar-refractivity contribution is -0.117. The molecule has 0 radical (unpaired) electrons. The maximum Gasteiger partial charge on any atom is 0.228 e. The van der Waals surface area contributed by atoms with Crippen molar-refractivity contribution in [2.24, 2.45) is 18.9 Å². The van der Waals surface area contributed by atoms with Gasteiger partial charge in [-0.1, -0.05) is 0 Å². The van der Waals surface area contributed by atoms with Crippen LogP contribution in [-0.4, -0.2) is 25.7 Å². The molecule has 1 fully saturated rings. The summed E-state index contributed by atoms with van der Waals surface area (Å²) in [5.74, 6) is 0.709. The molecule has 1 aromatic carbocycles. The molecule has 170 valence electrons. The Balaban J connectivity index is 1.49. The minimum atomic E-state index is -0.0408. The number of carbonyl (C=O) groups excluding carboxylic acids is 1. The van der Waals surface area contributed by atoms with E-state index in [4.69, 9.17) is 11.0 Å². The van der Waals surface area contributed by atoms with E-state index in [-0.39, 0.29) is 11.8 Å². The highest BCUT2D eigenvalue weighted by molar-refractivity contribution is 6.01. The van der Waals surface area contributed by atoms with E-state index in [2.05, 4.69) is 32.5 Å². The van der Waals surface area contributed by atoms with Gasteiger partial charge in [-0.2, -0.15) is 10.4 Å². The second-order valence-electron chi connectivity index (χ2n) is 8.90. The SMILES string of the molecule is Cc1ccnc(-c2cnn(C)c2)c1-c1cc(N)c2cnc(NC(=O)[C@H]3C[C@@H]3CCC#N)cc2c1. The van der Waals surface area contributed by atoms with Crippen LogP contribution >= 0.6 is 0 Å². The minimum Gasteiger partial charge on any atom is -0.398 e. The van der Waals surface area contributed by atoms with E-state index in [1.165, 1.54) is 0 Å². The largest absolute Gasteiger partial charge is 0.398 e. The summed E-state index contributed by atoms with van der Waals surface area (Å²) in [6.45, 7) is 2.05. The summed E-state index contributed by atoms with van der Waals surface area (Å²) in [5, 5.41) is 17.7. The molecule has 34 heavy (non-hydrogen) atoms. The molecule has 3 aromatic heterocycles. The summed E-state index contributed by atoms with van der Waals surface area (Å²) in [6, 6.07) is 9.98. The van der Waals surface area contributed by atoms with E-state index >= 15 is 0 Å². The van der Waals surface area contributed by atoms with Crippen LogP contribution < -0.4 is 11.1 Å². The number of rotatable bonds is 6. The number of nitrogens with one attached hydrogen (secondary N) is 1. The summed E-state index contributed by atoms with van der Waals surface area (Å²) >= 11 is 0. The Morgan fingerprint density at radius 2 is 2.12 bits per heavy atom. The highest BCUT2D eigenvalue weighted by Crippen LogP contribution is 2.43. The molecule has 0 aliphatic heterocycles. The van der Waals surface area contributed by atoms with Gasteiger partial charge >= 0.3 is 0 Å². The summed E-state index contributed by atoms with van der Waals surface area (Å²) in [5.41, 5.74) is 11.8. The van der Waals surface area contributed by atoms with Crippen LogP contribution in [0.2, 0.25) is 0 Å². The fourth-order valence-corrected chi connectivity index (χ4v) is 4.54. The molecular formula is C26H25N7O. The van der Waals surface area contributed by atoms with Crippen molar-refractivity contribution in [1.82, 2.24) is 19.7 Å². The molecule has 2 atom stereocenters. The maximum absolute atomic E-state index is 12.6. The lowest BCUT2D eigenvalue weighted by atomic mass is 9.94. The van der Waals surface area contributed by atoms with Crippen LogP contribution in [0, 0.1) is 30.1 Å². The van der Waals surface area contributed by atoms with Crippen molar-refractivity contribution in [3.05, 3.63) is 54.6 Å². The predicted octanol–water partition coefficient (Wildman–Crippen LogP) is 4.47. The van der Waals surface area contributed by atoms with Crippen LogP contribution in [0.4, 0.5) is 11.5 Å². The van der Waals surface area contributed by atoms with E-state index in [0.29, 0.717) is 23.8 Å².